The first-order valence-electron chi connectivity index (χ1n) is 21.3. The summed E-state index contributed by atoms with van der Waals surface area (Å²) < 4.78 is 2.08. The number of pyridine rings is 1. The molecule has 2 amide bonds. The highest BCUT2D eigenvalue weighted by atomic mass is 33.1. The second-order valence-corrected chi connectivity index (χ2v) is 16.9. The first kappa shape index (κ1) is 50.9. The maximum absolute atomic E-state index is 12.3. The van der Waals surface area contributed by atoms with E-state index in [2.05, 4.69) is 63.6 Å². The minimum Gasteiger partial charge on any atom is -0.395 e. The van der Waals surface area contributed by atoms with Gasteiger partial charge in [-0.15, -0.1) is 0 Å². The maximum atomic E-state index is 12.3. The van der Waals surface area contributed by atoms with Crippen LogP contribution in [0.1, 0.15) is 62.1 Å². The normalized spacial score (nSPS) is 11.9. The molecule has 332 valence electrons. The lowest BCUT2D eigenvalue weighted by molar-refractivity contribution is -0.697. The van der Waals surface area contributed by atoms with Crippen LogP contribution in [-0.2, 0) is 16.1 Å². The summed E-state index contributed by atoms with van der Waals surface area (Å²) >= 11 is 0. The molecule has 3 aromatic rings. The van der Waals surface area contributed by atoms with Gasteiger partial charge in [0.25, 0.3) is 0 Å². The molecule has 0 aliphatic heterocycles. The van der Waals surface area contributed by atoms with Crippen LogP contribution in [0.4, 0.5) is 11.4 Å². The average Bonchev–Trinajstić information content (AvgIpc) is 3.27. The number of rotatable bonds is 32. The van der Waals surface area contributed by atoms with Gasteiger partial charge in [-0.25, -0.2) is 4.57 Å². The minimum atomic E-state index is 0.0346. The van der Waals surface area contributed by atoms with E-state index < -0.39 is 0 Å². The Kier molecular flexibility index (Phi) is 27.0. The number of nitrogens with one attached hydrogen (secondary N) is 2. The zero-order valence-corrected chi connectivity index (χ0v) is 37.4. The number of carbonyl (C=O) groups is 2. The van der Waals surface area contributed by atoms with Crippen molar-refractivity contribution in [1.82, 2.24) is 10.6 Å². The molecular formula is C47H67N6O6S2+. The SMILES string of the molecule is CCCC(/C=C/c1ccc(N(CCO)CCO)cc1)=C\C=NCCCC(=O)NCCSSCCNC(=O)CCC[n+]1ccc(C=Cc2ccc(N(CCO)CCO)cc2)cc1. The number of amides is 2. The van der Waals surface area contributed by atoms with Gasteiger partial charge in [0.05, 0.1) is 26.4 Å². The van der Waals surface area contributed by atoms with Crippen molar-refractivity contribution >= 4 is 69.2 Å². The molecule has 0 saturated carbocycles. The summed E-state index contributed by atoms with van der Waals surface area (Å²) in [5.41, 5.74) is 6.32. The third kappa shape index (κ3) is 22.3. The van der Waals surface area contributed by atoms with E-state index in [1.807, 2.05) is 83.0 Å². The van der Waals surface area contributed by atoms with Gasteiger partial charge in [-0.1, -0.05) is 83.5 Å². The first-order valence-corrected chi connectivity index (χ1v) is 23.8. The van der Waals surface area contributed by atoms with Crippen LogP contribution in [0.25, 0.3) is 18.2 Å². The number of aliphatic hydroxyl groups excluding tert-OH is 4. The van der Waals surface area contributed by atoms with Gasteiger partial charge in [0.1, 0.15) is 6.54 Å². The smallest absolute Gasteiger partial charge is 0.220 e. The van der Waals surface area contributed by atoms with Crippen molar-refractivity contribution in [3.8, 4) is 0 Å². The lowest BCUT2D eigenvalue weighted by Gasteiger charge is -2.22. The van der Waals surface area contributed by atoms with E-state index in [-0.39, 0.29) is 38.2 Å². The van der Waals surface area contributed by atoms with Crippen LogP contribution in [0.2, 0.25) is 0 Å². The Labute approximate surface area is 371 Å². The molecule has 0 bridgehead atoms. The number of anilines is 2. The number of hydrogen-bond donors (Lipinski definition) is 6. The Morgan fingerprint density at radius 2 is 1.13 bits per heavy atom. The number of nitrogens with zero attached hydrogens (tertiary/aromatic N) is 4. The van der Waals surface area contributed by atoms with Crippen molar-refractivity contribution in [2.24, 2.45) is 4.99 Å². The van der Waals surface area contributed by atoms with E-state index in [0.29, 0.717) is 65.1 Å². The minimum absolute atomic E-state index is 0.0346. The Morgan fingerprint density at radius 1 is 0.656 bits per heavy atom. The highest BCUT2D eigenvalue weighted by Crippen LogP contribution is 2.20. The summed E-state index contributed by atoms with van der Waals surface area (Å²) in [6, 6.07) is 20.2. The van der Waals surface area contributed by atoms with Gasteiger partial charge in [0, 0.05) is 106 Å². The largest absolute Gasteiger partial charge is 0.395 e. The monoisotopic (exact) mass is 875 g/mol. The zero-order valence-electron chi connectivity index (χ0n) is 35.7. The van der Waals surface area contributed by atoms with Gasteiger partial charge in [-0.3, -0.25) is 14.6 Å². The highest BCUT2D eigenvalue weighted by Gasteiger charge is 2.08. The molecule has 1 aromatic heterocycles. The lowest BCUT2D eigenvalue weighted by Crippen LogP contribution is -2.34. The van der Waals surface area contributed by atoms with Crippen LogP contribution in [-0.4, -0.2) is 122 Å². The van der Waals surface area contributed by atoms with Crippen LogP contribution in [0.3, 0.4) is 0 Å². The van der Waals surface area contributed by atoms with Crippen LogP contribution >= 0.6 is 21.6 Å². The van der Waals surface area contributed by atoms with Gasteiger partial charge in [0.15, 0.2) is 12.4 Å². The number of carbonyl (C=O) groups excluding carboxylic acids is 2. The predicted octanol–water partition coefficient (Wildman–Crippen LogP) is 5.41. The molecule has 14 heteroatoms. The number of aliphatic imine (C=N–C) groups is 1. The van der Waals surface area contributed by atoms with E-state index in [9.17, 15) is 30.0 Å². The fourth-order valence-electron chi connectivity index (χ4n) is 6.19. The summed E-state index contributed by atoms with van der Waals surface area (Å²) in [5.74, 6) is 1.69. The van der Waals surface area contributed by atoms with Gasteiger partial charge in [0.2, 0.25) is 11.8 Å². The van der Waals surface area contributed by atoms with Crippen LogP contribution in [0, 0.1) is 0 Å². The number of benzene rings is 2. The van der Waals surface area contributed by atoms with Crippen LogP contribution in [0.5, 0.6) is 0 Å². The molecule has 0 atom stereocenters. The van der Waals surface area contributed by atoms with Gasteiger partial charge < -0.3 is 40.9 Å². The molecule has 0 fully saturated rings. The summed E-state index contributed by atoms with van der Waals surface area (Å²) in [4.78, 5) is 33.0. The molecule has 61 heavy (non-hydrogen) atoms. The number of aliphatic hydroxyl groups is 4. The molecule has 0 saturated heterocycles. The van der Waals surface area contributed by atoms with Gasteiger partial charge in [-0.05, 0) is 65.4 Å². The number of aromatic nitrogens is 1. The molecule has 6 N–H and O–H groups in total. The topological polar surface area (TPSA) is 162 Å². The lowest BCUT2D eigenvalue weighted by atomic mass is 10.1. The third-order valence-corrected chi connectivity index (χ3v) is 11.8. The summed E-state index contributed by atoms with van der Waals surface area (Å²) in [7, 11) is 3.38. The summed E-state index contributed by atoms with van der Waals surface area (Å²) in [6.07, 6.45) is 20.5. The zero-order chi connectivity index (χ0) is 43.8. The molecular weight excluding hydrogens is 809 g/mol. The fourth-order valence-corrected chi connectivity index (χ4v) is 8.00. The van der Waals surface area contributed by atoms with Crippen molar-refractivity contribution in [2.45, 2.75) is 52.0 Å². The van der Waals surface area contributed by atoms with Crippen molar-refractivity contribution in [1.29, 1.82) is 0 Å². The first-order chi connectivity index (χ1) is 29.9. The number of allylic oxidation sites excluding steroid dienone is 3. The predicted molar refractivity (Wildman–Crippen MR) is 256 cm³/mol. The van der Waals surface area contributed by atoms with E-state index in [0.717, 1.165) is 65.4 Å². The Hall–Kier alpha value is -4.44. The van der Waals surface area contributed by atoms with Crippen molar-refractivity contribution in [3.63, 3.8) is 0 Å². The molecule has 2 aromatic carbocycles. The maximum Gasteiger partial charge on any atom is 0.220 e. The van der Waals surface area contributed by atoms with E-state index in [1.165, 1.54) is 5.57 Å². The Balaban J connectivity index is 1.19. The van der Waals surface area contributed by atoms with Crippen molar-refractivity contribution in [2.75, 3.05) is 93.5 Å². The molecule has 12 nitrogen and oxygen atoms in total. The molecule has 1 heterocycles. The summed E-state index contributed by atoms with van der Waals surface area (Å²) in [5, 5.41) is 43.1. The van der Waals surface area contributed by atoms with E-state index >= 15 is 0 Å². The third-order valence-electron chi connectivity index (χ3n) is 9.41. The molecule has 0 spiro atoms. The standard InChI is InChI=1S/C47H66N6O6S2/c1-2-5-40(8-9-41-12-16-44(17-13-41)52(30-34-54)31-35-55)20-24-48-23-3-6-46(58)49-25-38-60-61-39-26-50-47(59)7-4-27-51-28-21-43(22-29-51)11-10-42-14-18-45(19-15-42)53(32-36-56)33-37-57/h8-22,24,28-29,54-57H,2-7,23,25-27,30-39H2,1H3,(H-,49,50,58,59)/p+1/b9-8+,40-20+,48-24?. The summed E-state index contributed by atoms with van der Waals surface area (Å²) in [6.45, 7) is 6.78. The molecule has 3 rings (SSSR count). The van der Waals surface area contributed by atoms with Crippen molar-refractivity contribution in [3.05, 3.63) is 107 Å². The highest BCUT2D eigenvalue weighted by molar-refractivity contribution is 8.76. The quantitative estimate of drug-likeness (QED) is 0.0157. The van der Waals surface area contributed by atoms with E-state index in [1.54, 1.807) is 21.6 Å². The number of hydrogen-bond acceptors (Lipinski definition) is 11. The second kappa shape index (κ2) is 32.3. The van der Waals surface area contributed by atoms with Crippen LogP contribution < -0.4 is 25.0 Å². The van der Waals surface area contributed by atoms with Crippen LogP contribution in [0.15, 0.2) is 95.8 Å². The Bertz CT molecular complexity index is 1760. The van der Waals surface area contributed by atoms with Gasteiger partial charge >= 0.3 is 0 Å². The average molecular weight is 876 g/mol. The van der Waals surface area contributed by atoms with Gasteiger partial charge in [-0.2, -0.15) is 0 Å². The van der Waals surface area contributed by atoms with E-state index in [4.69, 9.17) is 0 Å². The fraction of sp³-hybridized carbons (Fsp3) is 0.447. The van der Waals surface area contributed by atoms with Crippen molar-refractivity contribution < 1.29 is 34.6 Å². The molecule has 0 aliphatic rings. The second-order valence-electron chi connectivity index (χ2n) is 14.2. The Morgan fingerprint density at radius 3 is 1.62 bits per heavy atom. The molecule has 0 aliphatic carbocycles. The number of aryl methyl sites for hydroxylation is 1. The molecule has 0 unspecified atom stereocenters. The molecule has 0 radical (unpaired) electrons.